The van der Waals surface area contributed by atoms with Gasteiger partial charge in [-0.2, -0.15) is 0 Å². The fourth-order valence-corrected chi connectivity index (χ4v) is 5.32. The van der Waals surface area contributed by atoms with Gasteiger partial charge in [0.25, 0.3) is 0 Å². The highest BCUT2D eigenvalue weighted by molar-refractivity contribution is 6.23. The first-order valence-corrected chi connectivity index (χ1v) is 11.0. The molecule has 0 aliphatic heterocycles. The molecule has 0 saturated heterocycles. The summed E-state index contributed by atoms with van der Waals surface area (Å²) in [5.74, 6) is 0. The Kier molecular flexibility index (Phi) is 4.19. The van der Waals surface area contributed by atoms with Gasteiger partial charge in [0.15, 0.2) is 0 Å². The van der Waals surface area contributed by atoms with Crippen molar-refractivity contribution >= 4 is 22.9 Å². The lowest BCUT2D eigenvalue weighted by molar-refractivity contribution is 1.54. The average Bonchev–Trinajstić information content (AvgIpc) is 3.19. The lowest BCUT2D eigenvalue weighted by Crippen LogP contribution is -1.98. The molecule has 0 radical (unpaired) electrons. The van der Waals surface area contributed by atoms with Crippen LogP contribution >= 0.6 is 0 Å². The molecule has 32 heavy (non-hydrogen) atoms. The molecular weight excluding hydrogens is 384 g/mol. The molecule has 0 saturated carbocycles. The van der Waals surface area contributed by atoms with Crippen molar-refractivity contribution in [2.24, 2.45) is 0 Å². The van der Waals surface area contributed by atoms with Crippen molar-refractivity contribution in [2.45, 2.75) is 0 Å². The molecule has 1 aliphatic rings. The number of fused-ring (bicyclic) bond motifs is 3. The van der Waals surface area contributed by atoms with Crippen LogP contribution in [0.4, 0.5) is 0 Å². The predicted octanol–water partition coefficient (Wildman–Crippen LogP) is 9.11. The quantitative estimate of drug-likeness (QED) is 0.274. The average molecular weight is 407 g/mol. The van der Waals surface area contributed by atoms with E-state index in [-0.39, 0.29) is 0 Å². The SMILES string of the molecule is C=Cc1c(C=C)c(-c2ccccc2)c2c(c1-c1ccccc1)-c1cccc3cccc-2c13. The molecule has 5 aromatic rings. The Hall–Kier alpha value is -4.16. The minimum Gasteiger partial charge on any atom is -0.0984 e. The minimum absolute atomic E-state index is 1.13. The van der Waals surface area contributed by atoms with E-state index in [0.717, 1.165) is 11.1 Å². The maximum absolute atomic E-state index is 4.24. The van der Waals surface area contributed by atoms with Crippen LogP contribution in [0.3, 0.4) is 0 Å². The topological polar surface area (TPSA) is 0 Å². The molecule has 5 aromatic carbocycles. The Morgan fingerprint density at radius 3 is 1.28 bits per heavy atom. The van der Waals surface area contributed by atoms with E-state index < -0.39 is 0 Å². The summed E-state index contributed by atoms with van der Waals surface area (Å²) < 4.78 is 0. The van der Waals surface area contributed by atoms with Gasteiger partial charge in [0.1, 0.15) is 0 Å². The third-order valence-corrected chi connectivity index (χ3v) is 6.56. The highest BCUT2D eigenvalue weighted by Gasteiger charge is 2.31. The number of rotatable bonds is 4. The summed E-state index contributed by atoms with van der Waals surface area (Å²) in [6.45, 7) is 8.47. The molecule has 0 heteroatoms. The minimum atomic E-state index is 1.13. The summed E-state index contributed by atoms with van der Waals surface area (Å²) in [5, 5.41) is 2.60. The zero-order chi connectivity index (χ0) is 21.7. The summed E-state index contributed by atoms with van der Waals surface area (Å²) in [6, 6.07) is 34.6. The molecule has 0 aromatic heterocycles. The van der Waals surface area contributed by atoms with Crippen LogP contribution in [-0.2, 0) is 0 Å². The zero-order valence-electron chi connectivity index (χ0n) is 17.8. The first kappa shape index (κ1) is 18.6. The highest BCUT2D eigenvalue weighted by Crippen LogP contribution is 2.57. The molecule has 0 N–H and O–H groups in total. The van der Waals surface area contributed by atoms with Crippen LogP contribution in [0.2, 0.25) is 0 Å². The van der Waals surface area contributed by atoms with Crippen molar-refractivity contribution in [3.8, 4) is 44.5 Å². The zero-order valence-corrected chi connectivity index (χ0v) is 17.8. The van der Waals surface area contributed by atoms with Crippen LogP contribution in [0, 0.1) is 0 Å². The van der Waals surface area contributed by atoms with Crippen LogP contribution < -0.4 is 0 Å². The number of hydrogen-bond donors (Lipinski definition) is 0. The van der Waals surface area contributed by atoms with Gasteiger partial charge in [-0.05, 0) is 66.4 Å². The fraction of sp³-hybridized carbons (Fsp3) is 0. The largest absolute Gasteiger partial charge is 0.0984 e. The first-order chi connectivity index (χ1) is 15.8. The van der Waals surface area contributed by atoms with Gasteiger partial charge in [-0.3, -0.25) is 0 Å². The normalized spacial score (nSPS) is 11.4. The van der Waals surface area contributed by atoms with Gasteiger partial charge in [0.05, 0.1) is 0 Å². The van der Waals surface area contributed by atoms with Crippen LogP contribution in [0.5, 0.6) is 0 Å². The molecule has 150 valence electrons. The molecule has 0 fully saturated rings. The van der Waals surface area contributed by atoms with E-state index in [1.807, 2.05) is 12.2 Å². The fourth-order valence-electron chi connectivity index (χ4n) is 5.32. The Labute approximate surface area is 188 Å². The Morgan fingerprint density at radius 2 is 0.875 bits per heavy atom. The Balaban J connectivity index is 1.90. The predicted molar refractivity (Wildman–Crippen MR) is 139 cm³/mol. The number of benzene rings is 5. The Bertz CT molecular complexity index is 1410. The standard InChI is InChI=1S/C32H22/c1-3-24-25(4-2)30(23-15-9-6-10-16-23)32-27-20-12-18-21-17-11-19-26(28(21)27)31(32)29(24)22-13-7-5-8-14-22/h3-20H,1-2H2. The highest BCUT2D eigenvalue weighted by atomic mass is 14.3. The second kappa shape index (κ2) is 7.21. The van der Waals surface area contributed by atoms with Gasteiger partial charge in [0, 0.05) is 0 Å². The summed E-state index contributed by atoms with van der Waals surface area (Å²) in [4.78, 5) is 0. The molecule has 0 amide bonds. The third kappa shape index (κ3) is 2.50. The summed E-state index contributed by atoms with van der Waals surface area (Å²) in [6.07, 6.45) is 3.99. The lowest BCUT2D eigenvalue weighted by atomic mass is 9.80. The molecule has 0 atom stereocenters. The summed E-state index contributed by atoms with van der Waals surface area (Å²) >= 11 is 0. The lowest BCUT2D eigenvalue weighted by Gasteiger charge is -2.22. The van der Waals surface area contributed by atoms with E-state index in [1.165, 1.54) is 55.3 Å². The van der Waals surface area contributed by atoms with E-state index in [4.69, 9.17) is 0 Å². The summed E-state index contributed by atoms with van der Waals surface area (Å²) in [7, 11) is 0. The van der Waals surface area contributed by atoms with Crippen molar-refractivity contribution in [3.63, 3.8) is 0 Å². The maximum atomic E-state index is 4.24. The van der Waals surface area contributed by atoms with Crippen molar-refractivity contribution < 1.29 is 0 Å². The molecule has 0 nitrogen and oxygen atoms in total. The molecular formula is C32H22. The number of hydrogen-bond acceptors (Lipinski definition) is 0. The molecule has 1 aliphatic carbocycles. The molecule has 0 bridgehead atoms. The first-order valence-electron chi connectivity index (χ1n) is 11.0. The van der Waals surface area contributed by atoms with Gasteiger partial charge in [-0.1, -0.05) is 122 Å². The Morgan fingerprint density at radius 1 is 0.438 bits per heavy atom. The van der Waals surface area contributed by atoms with Gasteiger partial charge >= 0.3 is 0 Å². The van der Waals surface area contributed by atoms with E-state index in [2.05, 4.69) is 110 Å². The van der Waals surface area contributed by atoms with Crippen molar-refractivity contribution in [1.82, 2.24) is 0 Å². The molecule has 0 unspecified atom stereocenters. The van der Waals surface area contributed by atoms with Gasteiger partial charge in [-0.25, -0.2) is 0 Å². The van der Waals surface area contributed by atoms with E-state index in [1.54, 1.807) is 0 Å². The third-order valence-electron chi connectivity index (χ3n) is 6.56. The monoisotopic (exact) mass is 406 g/mol. The molecule has 0 spiro atoms. The summed E-state index contributed by atoms with van der Waals surface area (Å²) in [5.41, 5.74) is 12.3. The smallest absolute Gasteiger partial charge is 0.000742 e. The van der Waals surface area contributed by atoms with Crippen LogP contribution in [0.25, 0.3) is 67.4 Å². The van der Waals surface area contributed by atoms with E-state index >= 15 is 0 Å². The molecule has 6 rings (SSSR count). The van der Waals surface area contributed by atoms with Crippen molar-refractivity contribution in [2.75, 3.05) is 0 Å². The van der Waals surface area contributed by atoms with Crippen LogP contribution in [-0.4, -0.2) is 0 Å². The van der Waals surface area contributed by atoms with Gasteiger partial charge < -0.3 is 0 Å². The van der Waals surface area contributed by atoms with Gasteiger partial charge in [0.2, 0.25) is 0 Å². The van der Waals surface area contributed by atoms with E-state index in [0.29, 0.717) is 0 Å². The van der Waals surface area contributed by atoms with Crippen molar-refractivity contribution in [3.05, 3.63) is 121 Å². The van der Waals surface area contributed by atoms with Gasteiger partial charge in [-0.15, -0.1) is 0 Å². The van der Waals surface area contributed by atoms with Crippen molar-refractivity contribution in [1.29, 1.82) is 0 Å². The second-order valence-electron chi connectivity index (χ2n) is 8.18. The van der Waals surface area contributed by atoms with Crippen LogP contribution in [0.15, 0.2) is 110 Å². The van der Waals surface area contributed by atoms with E-state index in [9.17, 15) is 0 Å². The maximum Gasteiger partial charge on any atom is -0.000742 e. The molecule has 0 heterocycles. The second-order valence-corrected chi connectivity index (χ2v) is 8.18. The van der Waals surface area contributed by atoms with Crippen LogP contribution in [0.1, 0.15) is 11.1 Å².